The van der Waals surface area contributed by atoms with Crippen LogP contribution in [0.2, 0.25) is 0 Å². The Morgan fingerprint density at radius 1 is 0.217 bits per heavy atom. The normalized spacial score (nSPS) is 12.1. The molecule has 0 radical (unpaired) electrons. The minimum absolute atomic E-state index is 0.144. The van der Waals surface area contributed by atoms with E-state index in [1.165, 1.54) is 33.0 Å². The maximum atomic E-state index is 2.41. The maximum absolute atomic E-state index is 2.41. The van der Waals surface area contributed by atoms with Gasteiger partial charge in [0, 0.05) is 73.4 Å². The van der Waals surface area contributed by atoms with Crippen LogP contribution < -0.4 is 19.6 Å². The summed E-state index contributed by atoms with van der Waals surface area (Å²) in [5.74, 6) is 0. The van der Waals surface area contributed by atoms with Crippen molar-refractivity contribution in [3.8, 4) is 33.4 Å². The molecular formula is C79H60N4. The van der Waals surface area contributed by atoms with Crippen LogP contribution in [0, 0.1) is 0 Å². The molecule has 0 spiro atoms. The fourth-order valence-electron chi connectivity index (χ4n) is 12.3. The van der Waals surface area contributed by atoms with Crippen LogP contribution in [0.3, 0.4) is 0 Å². The predicted octanol–water partition coefficient (Wildman–Crippen LogP) is 22.4. The predicted molar refractivity (Wildman–Crippen MR) is 351 cm³/mol. The SMILES string of the molecule is CC1(C)c2ccccc2-c2ccc(N(c3ccc(-c4ccc(N(c5ccccc5)c5ccccc5)cc4)cc3)c3ccc(-c4ccc(N(c5ccc(N(c6ccccc6)c6ccccc6)cc5)c5cccc6ccccc56)cc4)cc3)cc21. The van der Waals surface area contributed by atoms with Crippen molar-refractivity contribution in [1.29, 1.82) is 0 Å². The number of para-hydroxylation sites is 4. The molecule has 4 nitrogen and oxygen atoms in total. The molecule has 14 rings (SSSR count). The molecule has 13 aromatic carbocycles. The van der Waals surface area contributed by atoms with Crippen LogP contribution >= 0.6 is 0 Å². The highest BCUT2D eigenvalue weighted by atomic mass is 15.2. The minimum Gasteiger partial charge on any atom is -0.311 e. The number of nitrogens with zero attached hydrogens (tertiary/aromatic N) is 4. The number of rotatable bonds is 14. The lowest BCUT2D eigenvalue weighted by atomic mass is 9.82. The molecule has 0 saturated heterocycles. The third-order valence-electron chi connectivity index (χ3n) is 16.4. The zero-order valence-electron chi connectivity index (χ0n) is 46.5. The Hall–Kier alpha value is -10.7. The van der Waals surface area contributed by atoms with Gasteiger partial charge in [-0.25, -0.2) is 0 Å². The Morgan fingerprint density at radius 2 is 0.518 bits per heavy atom. The molecule has 0 fully saturated rings. The first-order valence-electron chi connectivity index (χ1n) is 28.6. The van der Waals surface area contributed by atoms with Gasteiger partial charge in [-0.05, 0) is 189 Å². The molecule has 0 aromatic heterocycles. The van der Waals surface area contributed by atoms with Gasteiger partial charge in [0.15, 0.2) is 0 Å². The summed E-state index contributed by atoms with van der Waals surface area (Å²) in [5.41, 5.74) is 23.0. The third kappa shape index (κ3) is 9.66. The van der Waals surface area contributed by atoms with Crippen LogP contribution in [0.5, 0.6) is 0 Å². The van der Waals surface area contributed by atoms with Crippen LogP contribution in [-0.4, -0.2) is 0 Å². The molecule has 0 amide bonds. The van der Waals surface area contributed by atoms with Crippen LogP contribution in [0.15, 0.2) is 328 Å². The lowest BCUT2D eigenvalue weighted by Crippen LogP contribution is -2.16. The molecule has 0 aliphatic heterocycles. The Bertz CT molecular complexity index is 4270. The first-order valence-corrected chi connectivity index (χ1v) is 28.6. The summed E-state index contributed by atoms with van der Waals surface area (Å²) in [6, 6.07) is 118. The molecule has 1 aliphatic carbocycles. The maximum Gasteiger partial charge on any atom is 0.0540 e. The van der Waals surface area contributed by atoms with Gasteiger partial charge in [0.1, 0.15) is 0 Å². The second-order valence-corrected chi connectivity index (χ2v) is 21.8. The Labute approximate surface area is 487 Å². The van der Waals surface area contributed by atoms with Crippen molar-refractivity contribution in [3.63, 3.8) is 0 Å². The summed E-state index contributed by atoms with van der Waals surface area (Å²) < 4.78 is 0. The van der Waals surface area contributed by atoms with Crippen molar-refractivity contribution >= 4 is 79.0 Å². The van der Waals surface area contributed by atoms with Crippen LogP contribution in [0.25, 0.3) is 44.2 Å². The van der Waals surface area contributed by atoms with E-state index in [1.54, 1.807) is 0 Å². The topological polar surface area (TPSA) is 13.0 Å². The van der Waals surface area contributed by atoms with Crippen molar-refractivity contribution in [3.05, 3.63) is 339 Å². The molecule has 0 N–H and O–H groups in total. The lowest BCUT2D eigenvalue weighted by Gasteiger charge is -2.29. The fraction of sp³-hybridized carbons (Fsp3) is 0.0380. The second kappa shape index (κ2) is 21.8. The van der Waals surface area contributed by atoms with E-state index in [0.29, 0.717) is 0 Å². The van der Waals surface area contributed by atoms with Gasteiger partial charge in [0.05, 0.1) is 5.69 Å². The Kier molecular flexibility index (Phi) is 13.2. The van der Waals surface area contributed by atoms with Gasteiger partial charge in [-0.3, -0.25) is 0 Å². The molecule has 1 aliphatic rings. The third-order valence-corrected chi connectivity index (χ3v) is 16.4. The van der Waals surface area contributed by atoms with E-state index in [4.69, 9.17) is 0 Å². The lowest BCUT2D eigenvalue weighted by molar-refractivity contribution is 0.660. The van der Waals surface area contributed by atoms with Crippen LogP contribution in [0.1, 0.15) is 25.0 Å². The second-order valence-electron chi connectivity index (χ2n) is 21.8. The monoisotopic (exact) mass is 1060 g/mol. The number of fused-ring (bicyclic) bond motifs is 4. The molecule has 0 unspecified atom stereocenters. The van der Waals surface area contributed by atoms with Crippen molar-refractivity contribution in [1.82, 2.24) is 0 Å². The average Bonchev–Trinajstić information content (AvgIpc) is 3.62. The number of benzene rings is 13. The van der Waals surface area contributed by atoms with Crippen LogP contribution in [-0.2, 0) is 5.41 Å². The van der Waals surface area contributed by atoms with E-state index in [1.807, 2.05) is 0 Å². The fourth-order valence-corrected chi connectivity index (χ4v) is 12.3. The standard InChI is InChI=1S/C79H60N4/c1-79(2)76-32-18-17-31-74(76)75-55-54-72(56-77(75)79)82(67-44-36-58(37-45-67)57-34-42-66(43-35-57)80(62-22-7-3-8-23-62)63-24-9-4-10-25-63)68-46-38-59(39-47-68)60-40-48-70(49-41-60)83(78-33-19-21-61-20-15-16-30-73(61)78)71-52-50-69(51-53-71)81(64-26-11-5-12-27-64)65-28-13-6-14-29-65/h3-56H,1-2H3. The summed E-state index contributed by atoms with van der Waals surface area (Å²) >= 11 is 0. The molecule has 83 heavy (non-hydrogen) atoms. The largest absolute Gasteiger partial charge is 0.311 e. The van der Waals surface area contributed by atoms with Crippen molar-refractivity contribution in [2.75, 3.05) is 19.6 Å². The summed E-state index contributed by atoms with van der Waals surface area (Å²) in [6.45, 7) is 4.71. The Balaban J connectivity index is 0.792. The first-order chi connectivity index (χ1) is 40.9. The zero-order valence-corrected chi connectivity index (χ0v) is 46.5. The van der Waals surface area contributed by atoms with Crippen LogP contribution in [0.4, 0.5) is 68.2 Å². The average molecular weight is 1070 g/mol. The van der Waals surface area contributed by atoms with E-state index in [-0.39, 0.29) is 5.41 Å². The summed E-state index contributed by atoms with van der Waals surface area (Å²) in [6.07, 6.45) is 0. The highest BCUT2D eigenvalue weighted by Crippen LogP contribution is 2.51. The van der Waals surface area contributed by atoms with Gasteiger partial charge >= 0.3 is 0 Å². The van der Waals surface area contributed by atoms with Gasteiger partial charge in [-0.1, -0.05) is 202 Å². The van der Waals surface area contributed by atoms with E-state index in [2.05, 4.69) is 361 Å². The van der Waals surface area contributed by atoms with E-state index < -0.39 is 0 Å². The van der Waals surface area contributed by atoms with Crippen molar-refractivity contribution in [2.45, 2.75) is 19.3 Å². The Morgan fingerprint density at radius 3 is 0.952 bits per heavy atom. The molecule has 396 valence electrons. The molecule has 4 heteroatoms. The quantitative estimate of drug-likeness (QED) is 0.108. The van der Waals surface area contributed by atoms with Gasteiger partial charge in [0.25, 0.3) is 0 Å². The summed E-state index contributed by atoms with van der Waals surface area (Å²) in [4.78, 5) is 9.40. The van der Waals surface area contributed by atoms with Crippen molar-refractivity contribution < 1.29 is 0 Å². The first kappa shape index (κ1) is 50.5. The molecule has 0 bridgehead atoms. The highest BCUT2D eigenvalue weighted by molar-refractivity contribution is 5.99. The summed E-state index contributed by atoms with van der Waals surface area (Å²) in [5, 5.41) is 2.38. The van der Waals surface area contributed by atoms with Crippen molar-refractivity contribution in [2.24, 2.45) is 0 Å². The molecule has 0 saturated carbocycles. The number of anilines is 12. The molecule has 13 aromatic rings. The summed E-state index contributed by atoms with van der Waals surface area (Å²) in [7, 11) is 0. The van der Waals surface area contributed by atoms with E-state index in [0.717, 1.165) is 90.5 Å². The highest BCUT2D eigenvalue weighted by Gasteiger charge is 2.36. The van der Waals surface area contributed by atoms with Gasteiger partial charge in [0.2, 0.25) is 0 Å². The van der Waals surface area contributed by atoms with E-state index >= 15 is 0 Å². The van der Waals surface area contributed by atoms with Gasteiger partial charge in [-0.2, -0.15) is 0 Å². The number of hydrogen-bond acceptors (Lipinski definition) is 4. The van der Waals surface area contributed by atoms with Gasteiger partial charge < -0.3 is 19.6 Å². The minimum atomic E-state index is -0.144. The number of hydrogen-bond donors (Lipinski definition) is 0. The van der Waals surface area contributed by atoms with E-state index in [9.17, 15) is 0 Å². The molecule has 0 atom stereocenters. The van der Waals surface area contributed by atoms with Gasteiger partial charge in [-0.15, -0.1) is 0 Å². The molecular weight excluding hydrogens is 1000 g/mol. The smallest absolute Gasteiger partial charge is 0.0540 e. The zero-order chi connectivity index (χ0) is 55.7. The molecule has 0 heterocycles.